The molecule has 6 heteroatoms. The van der Waals surface area contributed by atoms with Crippen LogP contribution in [0.25, 0.3) is 0 Å². The number of carboxylic acid groups (broad SMARTS) is 1. The molecule has 5 nitrogen and oxygen atoms in total. The summed E-state index contributed by atoms with van der Waals surface area (Å²) in [5.74, 6) is -0.677. The molecule has 2 heterocycles. The Kier molecular flexibility index (Phi) is 3.33. The van der Waals surface area contributed by atoms with E-state index in [1.807, 2.05) is 0 Å². The number of carbonyl (C=O) groups excluding carboxylic acids is 1. The predicted octanol–water partition coefficient (Wildman–Crippen LogP) is 1.45. The van der Waals surface area contributed by atoms with E-state index in [1.54, 1.807) is 11.4 Å². The van der Waals surface area contributed by atoms with Crippen molar-refractivity contribution in [2.45, 2.75) is 18.9 Å². The Balaban J connectivity index is 2.23. The minimum atomic E-state index is -0.939. The lowest BCUT2D eigenvalue weighted by atomic mass is 10.2. The standard InChI is InChI=1S/C11H13NO4S/c1-16-8-4-6-17-9(8)10(13)12-5-2-3-7(12)11(14)15/h4,6-7H,2-3,5H2,1H3,(H,14,15)/t7-/m1/s1. The van der Waals surface area contributed by atoms with Gasteiger partial charge in [0.05, 0.1) is 7.11 Å². The molecule has 0 aromatic carbocycles. The molecule has 92 valence electrons. The fourth-order valence-electron chi connectivity index (χ4n) is 2.01. The molecular formula is C11H13NO4S. The first-order valence-electron chi connectivity index (χ1n) is 5.30. The Labute approximate surface area is 103 Å². The van der Waals surface area contributed by atoms with Crippen LogP contribution in [0.4, 0.5) is 0 Å². The summed E-state index contributed by atoms with van der Waals surface area (Å²) >= 11 is 1.27. The van der Waals surface area contributed by atoms with Gasteiger partial charge in [-0.15, -0.1) is 11.3 Å². The topological polar surface area (TPSA) is 66.8 Å². The van der Waals surface area contributed by atoms with Gasteiger partial charge in [0.25, 0.3) is 5.91 Å². The molecule has 1 aliphatic heterocycles. The second-order valence-corrected chi connectivity index (χ2v) is 4.73. The number of aliphatic carboxylic acids is 1. The van der Waals surface area contributed by atoms with Crippen LogP contribution in [0.2, 0.25) is 0 Å². The summed E-state index contributed by atoms with van der Waals surface area (Å²) in [5.41, 5.74) is 0. The van der Waals surface area contributed by atoms with Crippen LogP contribution in [-0.2, 0) is 4.79 Å². The summed E-state index contributed by atoms with van der Waals surface area (Å²) in [6.45, 7) is 0.497. The average molecular weight is 255 g/mol. The smallest absolute Gasteiger partial charge is 0.326 e. The molecular weight excluding hydrogens is 242 g/mol. The van der Waals surface area contributed by atoms with Crippen LogP contribution in [0.1, 0.15) is 22.5 Å². The lowest BCUT2D eigenvalue weighted by Gasteiger charge is -2.20. The third-order valence-corrected chi connectivity index (χ3v) is 3.73. The summed E-state index contributed by atoms with van der Waals surface area (Å²) in [5, 5.41) is 10.8. The quantitative estimate of drug-likeness (QED) is 0.887. The third-order valence-electron chi connectivity index (χ3n) is 2.84. The minimum Gasteiger partial charge on any atom is -0.495 e. The van der Waals surface area contributed by atoms with Crippen LogP contribution in [0.15, 0.2) is 11.4 Å². The molecule has 1 aliphatic rings. The van der Waals surface area contributed by atoms with Crippen molar-refractivity contribution in [3.63, 3.8) is 0 Å². The lowest BCUT2D eigenvalue weighted by molar-refractivity contribution is -0.141. The fourth-order valence-corrected chi connectivity index (χ4v) is 2.82. The Bertz CT molecular complexity index is 442. The summed E-state index contributed by atoms with van der Waals surface area (Å²) in [6.07, 6.45) is 1.26. The maximum Gasteiger partial charge on any atom is 0.326 e. The van der Waals surface area contributed by atoms with E-state index in [-0.39, 0.29) is 5.91 Å². The minimum absolute atomic E-state index is 0.248. The molecule has 1 aromatic heterocycles. The summed E-state index contributed by atoms with van der Waals surface area (Å²) in [4.78, 5) is 25.1. The van der Waals surface area contributed by atoms with Gasteiger partial charge in [0, 0.05) is 6.54 Å². The highest BCUT2D eigenvalue weighted by atomic mass is 32.1. The Hall–Kier alpha value is -1.56. The molecule has 0 unspecified atom stereocenters. The molecule has 17 heavy (non-hydrogen) atoms. The lowest BCUT2D eigenvalue weighted by Crippen LogP contribution is -2.40. The molecule has 0 bridgehead atoms. The van der Waals surface area contributed by atoms with Gasteiger partial charge in [0.15, 0.2) is 0 Å². The van der Waals surface area contributed by atoms with Crippen LogP contribution in [0.5, 0.6) is 5.75 Å². The number of likely N-dealkylation sites (tertiary alicyclic amines) is 1. The van der Waals surface area contributed by atoms with E-state index in [9.17, 15) is 9.59 Å². The van der Waals surface area contributed by atoms with E-state index >= 15 is 0 Å². The molecule has 0 saturated carbocycles. The van der Waals surface area contributed by atoms with Crippen LogP contribution < -0.4 is 4.74 Å². The van der Waals surface area contributed by atoms with E-state index in [1.165, 1.54) is 23.3 Å². The molecule has 2 rings (SSSR count). The average Bonchev–Trinajstić information content (AvgIpc) is 2.96. The number of nitrogens with zero attached hydrogens (tertiary/aromatic N) is 1. The molecule has 1 N–H and O–H groups in total. The van der Waals surface area contributed by atoms with Gasteiger partial charge >= 0.3 is 5.97 Å². The summed E-state index contributed by atoms with van der Waals surface area (Å²) in [6, 6.07) is 1.01. The van der Waals surface area contributed by atoms with Crippen LogP contribution in [0, 0.1) is 0 Å². The van der Waals surface area contributed by atoms with Crippen molar-refractivity contribution < 1.29 is 19.4 Å². The Morgan fingerprint density at radius 3 is 3.00 bits per heavy atom. The zero-order valence-electron chi connectivity index (χ0n) is 9.38. The predicted molar refractivity (Wildman–Crippen MR) is 62.6 cm³/mol. The first-order valence-corrected chi connectivity index (χ1v) is 6.18. The van der Waals surface area contributed by atoms with E-state index < -0.39 is 12.0 Å². The van der Waals surface area contributed by atoms with Crippen LogP contribution in [-0.4, -0.2) is 41.6 Å². The monoisotopic (exact) mass is 255 g/mol. The van der Waals surface area contributed by atoms with Gasteiger partial charge in [0.1, 0.15) is 16.7 Å². The Morgan fingerprint density at radius 2 is 2.35 bits per heavy atom. The van der Waals surface area contributed by atoms with Crippen molar-refractivity contribution in [1.82, 2.24) is 4.90 Å². The largest absolute Gasteiger partial charge is 0.495 e. The molecule has 0 aliphatic carbocycles. The van der Waals surface area contributed by atoms with E-state index in [2.05, 4.69) is 0 Å². The van der Waals surface area contributed by atoms with Crippen molar-refractivity contribution >= 4 is 23.2 Å². The normalized spacial score (nSPS) is 19.4. The van der Waals surface area contributed by atoms with Crippen molar-refractivity contribution in [3.05, 3.63) is 16.3 Å². The molecule has 1 fully saturated rings. The van der Waals surface area contributed by atoms with E-state index in [4.69, 9.17) is 9.84 Å². The second kappa shape index (κ2) is 4.75. The number of methoxy groups -OCH3 is 1. The van der Waals surface area contributed by atoms with Gasteiger partial charge in [-0.1, -0.05) is 0 Å². The molecule has 0 spiro atoms. The van der Waals surface area contributed by atoms with Crippen molar-refractivity contribution in [2.24, 2.45) is 0 Å². The van der Waals surface area contributed by atoms with Gasteiger partial charge in [-0.05, 0) is 24.3 Å². The van der Waals surface area contributed by atoms with Gasteiger partial charge in [-0.3, -0.25) is 4.79 Å². The number of amides is 1. The highest BCUT2D eigenvalue weighted by Gasteiger charge is 2.35. The zero-order valence-corrected chi connectivity index (χ0v) is 10.2. The van der Waals surface area contributed by atoms with Gasteiger partial charge in [-0.25, -0.2) is 4.79 Å². The van der Waals surface area contributed by atoms with Crippen molar-refractivity contribution in [1.29, 1.82) is 0 Å². The highest BCUT2D eigenvalue weighted by Crippen LogP contribution is 2.29. The zero-order chi connectivity index (χ0) is 12.4. The number of rotatable bonds is 3. The van der Waals surface area contributed by atoms with Gasteiger partial charge in [0.2, 0.25) is 0 Å². The molecule has 1 aromatic rings. The number of thiophene rings is 1. The second-order valence-electron chi connectivity index (χ2n) is 3.81. The maximum absolute atomic E-state index is 12.2. The molecule has 1 amide bonds. The van der Waals surface area contributed by atoms with Crippen molar-refractivity contribution in [3.8, 4) is 5.75 Å². The van der Waals surface area contributed by atoms with E-state index in [0.717, 1.165) is 6.42 Å². The maximum atomic E-state index is 12.2. The van der Waals surface area contributed by atoms with Gasteiger partial charge < -0.3 is 14.7 Å². The SMILES string of the molecule is COc1ccsc1C(=O)N1CCC[C@@H]1C(=O)O. The first kappa shape index (κ1) is 11.9. The van der Waals surface area contributed by atoms with Gasteiger partial charge in [-0.2, -0.15) is 0 Å². The highest BCUT2D eigenvalue weighted by molar-refractivity contribution is 7.12. The fraction of sp³-hybridized carbons (Fsp3) is 0.455. The number of hydrogen-bond acceptors (Lipinski definition) is 4. The van der Waals surface area contributed by atoms with Crippen molar-refractivity contribution in [2.75, 3.05) is 13.7 Å². The van der Waals surface area contributed by atoms with Crippen LogP contribution >= 0.6 is 11.3 Å². The third kappa shape index (κ3) is 2.12. The van der Waals surface area contributed by atoms with Crippen LogP contribution in [0.3, 0.4) is 0 Å². The summed E-state index contributed by atoms with van der Waals surface area (Å²) < 4.78 is 5.08. The Morgan fingerprint density at radius 1 is 1.59 bits per heavy atom. The number of ether oxygens (including phenoxy) is 1. The molecule has 0 radical (unpaired) electrons. The number of carbonyl (C=O) groups is 2. The number of carboxylic acids is 1. The molecule has 1 saturated heterocycles. The first-order chi connectivity index (χ1) is 8.15. The summed E-state index contributed by atoms with van der Waals surface area (Å²) in [7, 11) is 1.50. The number of hydrogen-bond donors (Lipinski definition) is 1. The van der Waals surface area contributed by atoms with E-state index in [0.29, 0.717) is 23.6 Å². The molecule has 1 atom stereocenters.